The van der Waals surface area contributed by atoms with Crippen LogP contribution in [0.25, 0.3) is 0 Å². The molecule has 3 aromatic carbocycles. The maximum atomic E-state index is 13.2. The molecule has 3 aromatic rings. The maximum absolute atomic E-state index is 13.2. The van der Waals surface area contributed by atoms with Crippen LogP contribution in [0.4, 0.5) is 5.69 Å². The molecule has 0 aromatic heterocycles. The highest BCUT2D eigenvalue weighted by Gasteiger charge is 2.28. The van der Waals surface area contributed by atoms with Gasteiger partial charge in [-0.1, -0.05) is 42.5 Å². The molecular weight excluding hydrogens is 384 g/mol. The number of amides is 1. The summed E-state index contributed by atoms with van der Waals surface area (Å²) in [4.78, 5) is 12.8. The predicted molar refractivity (Wildman–Crippen MR) is 113 cm³/mol. The van der Waals surface area contributed by atoms with Crippen molar-refractivity contribution in [1.29, 1.82) is 0 Å². The monoisotopic (exact) mass is 406 g/mol. The van der Waals surface area contributed by atoms with Crippen molar-refractivity contribution in [1.82, 2.24) is 4.31 Å². The molecule has 1 aliphatic rings. The lowest BCUT2D eigenvalue weighted by Gasteiger charge is -2.28. The highest BCUT2D eigenvalue weighted by atomic mass is 32.2. The van der Waals surface area contributed by atoms with E-state index in [0.29, 0.717) is 30.8 Å². The van der Waals surface area contributed by atoms with Crippen molar-refractivity contribution >= 4 is 21.6 Å². The Morgan fingerprint density at radius 1 is 0.931 bits per heavy atom. The number of benzene rings is 3. The predicted octanol–water partition coefficient (Wildman–Crippen LogP) is 3.99. The zero-order valence-electron chi connectivity index (χ0n) is 16.1. The van der Waals surface area contributed by atoms with E-state index in [0.717, 1.165) is 11.1 Å². The van der Waals surface area contributed by atoms with Crippen molar-refractivity contribution in [2.24, 2.45) is 0 Å². The van der Waals surface area contributed by atoms with E-state index in [1.165, 1.54) is 15.9 Å². The molecule has 1 heterocycles. The number of sulfonamides is 1. The summed E-state index contributed by atoms with van der Waals surface area (Å²) in [5.74, 6) is -0.336. The van der Waals surface area contributed by atoms with Gasteiger partial charge >= 0.3 is 0 Å². The van der Waals surface area contributed by atoms with Crippen LogP contribution in [0.2, 0.25) is 0 Å². The Labute approximate surface area is 171 Å². The van der Waals surface area contributed by atoms with Crippen LogP contribution in [0.5, 0.6) is 0 Å². The average Bonchev–Trinajstić information content (AvgIpc) is 2.73. The van der Waals surface area contributed by atoms with Crippen LogP contribution in [0.15, 0.2) is 77.7 Å². The molecule has 0 saturated carbocycles. The fourth-order valence-electron chi connectivity index (χ4n) is 3.55. The molecule has 1 amide bonds. The molecule has 6 heteroatoms. The van der Waals surface area contributed by atoms with Crippen LogP contribution in [0.1, 0.15) is 27.0 Å². The van der Waals surface area contributed by atoms with E-state index in [4.69, 9.17) is 0 Å². The minimum atomic E-state index is -3.69. The molecule has 0 fully saturated rings. The fourth-order valence-corrected chi connectivity index (χ4v) is 5.01. The van der Waals surface area contributed by atoms with Gasteiger partial charge in [0.25, 0.3) is 5.91 Å². The van der Waals surface area contributed by atoms with Gasteiger partial charge in [-0.25, -0.2) is 8.42 Å². The zero-order chi connectivity index (χ0) is 20.4. The quantitative estimate of drug-likeness (QED) is 0.712. The molecule has 148 valence electrons. The molecule has 0 spiro atoms. The number of anilines is 1. The third-order valence-electron chi connectivity index (χ3n) is 5.11. The van der Waals surface area contributed by atoms with E-state index in [9.17, 15) is 13.2 Å². The lowest BCUT2D eigenvalue weighted by Crippen LogP contribution is -2.36. The van der Waals surface area contributed by atoms with Gasteiger partial charge in [0.1, 0.15) is 0 Å². The summed E-state index contributed by atoms with van der Waals surface area (Å²) in [6, 6.07) is 21.6. The van der Waals surface area contributed by atoms with Crippen LogP contribution in [0, 0.1) is 6.92 Å². The highest BCUT2D eigenvalue weighted by molar-refractivity contribution is 7.89. The summed E-state index contributed by atoms with van der Waals surface area (Å²) in [5, 5.41) is 2.82. The lowest BCUT2D eigenvalue weighted by atomic mass is 10.0. The molecule has 4 rings (SSSR count). The number of hydrogen-bond acceptors (Lipinski definition) is 3. The Balaban J connectivity index is 1.57. The van der Waals surface area contributed by atoms with Gasteiger partial charge in [0, 0.05) is 24.3 Å². The molecule has 0 atom stereocenters. The first-order valence-electron chi connectivity index (χ1n) is 9.48. The average molecular weight is 407 g/mol. The third-order valence-corrected chi connectivity index (χ3v) is 6.95. The second-order valence-corrected chi connectivity index (χ2v) is 9.15. The Morgan fingerprint density at radius 3 is 2.48 bits per heavy atom. The van der Waals surface area contributed by atoms with E-state index in [1.54, 1.807) is 24.3 Å². The number of nitrogens with zero attached hydrogens (tertiary/aromatic N) is 1. The van der Waals surface area contributed by atoms with Gasteiger partial charge in [0.2, 0.25) is 10.0 Å². The first-order chi connectivity index (χ1) is 13.9. The molecule has 5 nitrogen and oxygen atoms in total. The first kappa shape index (κ1) is 19.4. The van der Waals surface area contributed by atoms with Crippen LogP contribution < -0.4 is 5.32 Å². The smallest absolute Gasteiger partial charge is 0.255 e. The molecule has 0 saturated heterocycles. The molecule has 1 aliphatic heterocycles. The van der Waals surface area contributed by atoms with Crippen molar-refractivity contribution in [2.45, 2.75) is 24.8 Å². The molecule has 0 radical (unpaired) electrons. The summed E-state index contributed by atoms with van der Waals surface area (Å²) in [6.07, 6.45) is 0.683. The summed E-state index contributed by atoms with van der Waals surface area (Å²) >= 11 is 0. The van der Waals surface area contributed by atoms with Gasteiger partial charge in [0.05, 0.1) is 4.90 Å². The van der Waals surface area contributed by atoms with Gasteiger partial charge in [-0.05, 0) is 60.4 Å². The Morgan fingerprint density at radius 2 is 1.69 bits per heavy atom. The Hall–Kier alpha value is -2.96. The van der Waals surface area contributed by atoms with E-state index in [2.05, 4.69) is 5.32 Å². The van der Waals surface area contributed by atoms with Gasteiger partial charge in [-0.3, -0.25) is 4.79 Å². The van der Waals surface area contributed by atoms with E-state index >= 15 is 0 Å². The van der Waals surface area contributed by atoms with Gasteiger partial charge in [0.15, 0.2) is 0 Å². The molecule has 1 N–H and O–H groups in total. The minimum Gasteiger partial charge on any atom is -0.322 e. The minimum absolute atomic E-state index is 0.133. The zero-order valence-corrected chi connectivity index (χ0v) is 16.9. The lowest BCUT2D eigenvalue weighted by molar-refractivity contribution is 0.102. The molecule has 0 unspecified atom stereocenters. The highest BCUT2D eigenvalue weighted by Crippen LogP contribution is 2.25. The van der Waals surface area contributed by atoms with Crippen molar-refractivity contribution in [3.63, 3.8) is 0 Å². The van der Waals surface area contributed by atoms with Crippen LogP contribution >= 0.6 is 0 Å². The van der Waals surface area contributed by atoms with Gasteiger partial charge in [-0.2, -0.15) is 4.31 Å². The number of carbonyl (C=O) groups is 1. The summed E-state index contributed by atoms with van der Waals surface area (Å²) < 4.78 is 27.8. The van der Waals surface area contributed by atoms with Crippen molar-refractivity contribution in [3.05, 3.63) is 95.1 Å². The third kappa shape index (κ3) is 4.09. The summed E-state index contributed by atoms with van der Waals surface area (Å²) in [6.45, 7) is 2.72. The number of aryl methyl sites for hydroxylation is 1. The second-order valence-electron chi connectivity index (χ2n) is 7.21. The SMILES string of the molecule is Cc1cccc(NC(=O)c2cccc(S(=O)(=O)N3CCc4ccccc4C3)c2)c1. The van der Waals surface area contributed by atoms with Crippen molar-refractivity contribution < 1.29 is 13.2 Å². The van der Waals surface area contributed by atoms with E-state index in [-0.39, 0.29) is 10.8 Å². The number of nitrogens with one attached hydrogen (secondary N) is 1. The molecule has 29 heavy (non-hydrogen) atoms. The van der Waals surface area contributed by atoms with Gasteiger partial charge in [-0.15, -0.1) is 0 Å². The van der Waals surface area contributed by atoms with E-state index in [1.807, 2.05) is 49.4 Å². The summed E-state index contributed by atoms with van der Waals surface area (Å²) in [5.41, 5.74) is 4.23. The molecule has 0 aliphatic carbocycles. The fraction of sp³-hybridized carbons (Fsp3) is 0.174. The van der Waals surface area contributed by atoms with Crippen LogP contribution in [0.3, 0.4) is 0 Å². The first-order valence-corrected chi connectivity index (χ1v) is 10.9. The van der Waals surface area contributed by atoms with Crippen molar-refractivity contribution in [2.75, 3.05) is 11.9 Å². The maximum Gasteiger partial charge on any atom is 0.255 e. The second kappa shape index (κ2) is 7.81. The summed E-state index contributed by atoms with van der Waals surface area (Å²) in [7, 11) is -3.69. The number of rotatable bonds is 4. The van der Waals surface area contributed by atoms with Crippen LogP contribution in [-0.2, 0) is 23.0 Å². The normalized spacial score (nSPS) is 14.2. The number of fused-ring (bicyclic) bond motifs is 1. The van der Waals surface area contributed by atoms with E-state index < -0.39 is 10.0 Å². The number of carbonyl (C=O) groups excluding carboxylic acids is 1. The standard InChI is InChI=1S/C23H22N2O3S/c1-17-6-4-10-21(14-17)24-23(26)19-9-5-11-22(15-19)29(27,28)25-13-12-18-7-2-3-8-20(18)16-25/h2-11,14-15H,12-13,16H2,1H3,(H,24,26). The molecular formula is C23H22N2O3S. The van der Waals surface area contributed by atoms with Crippen LogP contribution in [-0.4, -0.2) is 25.2 Å². The van der Waals surface area contributed by atoms with Gasteiger partial charge < -0.3 is 5.32 Å². The largest absolute Gasteiger partial charge is 0.322 e. The molecule has 0 bridgehead atoms. The Bertz CT molecular complexity index is 1170. The number of hydrogen-bond donors (Lipinski definition) is 1. The topological polar surface area (TPSA) is 66.5 Å². The Kier molecular flexibility index (Phi) is 5.22. The van der Waals surface area contributed by atoms with Crippen molar-refractivity contribution in [3.8, 4) is 0 Å².